The number of hydrogen-bond acceptors (Lipinski definition) is 5. The first kappa shape index (κ1) is 14.9. The molecule has 0 saturated carbocycles. The summed E-state index contributed by atoms with van der Waals surface area (Å²) in [5, 5.41) is 19.8. The monoisotopic (exact) mass is 352 g/mol. The lowest BCUT2D eigenvalue weighted by atomic mass is 10.2. The Labute approximate surface area is 127 Å². The molecule has 0 bridgehead atoms. The van der Waals surface area contributed by atoms with Gasteiger partial charge in [0, 0.05) is 12.3 Å². The predicted molar refractivity (Wildman–Crippen MR) is 76.8 cm³/mol. The lowest BCUT2D eigenvalue weighted by Crippen LogP contribution is -2.02. The number of nitro groups is 1. The average Bonchev–Trinajstić information content (AvgIpc) is 2.41. The van der Waals surface area contributed by atoms with Gasteiger partial charge >= 0.3 is 11.7 Å². The van der Waals surface area contributed by atoms with Crippen molar-refractivity contribution in [3.05, 3.63) is 56.2 Å². The van der Waals surface area contributed by atoms with Gasteiger partial charge in [-0.05, 0) is 40.5 Å². The number of benzene rings is 1. The van der Waals surface area contributed by atoms with E-state index in [2.05, 4.69) is 20.9 Å². The van der Waals surface area contributed by atoms with Crippen LogP contribution >= 0.6 is 15.9 Å². The average molecular weight is 353 g/mol. The Balaban J connectivity index is 2.44. The van der Waals surface area contributed by atoms with E-state index >= 15 is 0 Å². The maximum Gasteiger partial charge on any atom is 0.337 e. The minimum atomic E-state index is -1.30. The fourth-order valence-electron chi connectivity index (χ4n) is 1.56. The smallest absolute Gasteiger partial charge is 0.337 e. The van der Waals surface area contributed by atoms with E-state index in [1.165, 1.54) is 0 Å². The van der Waals surface area contributed by atoms with Crippen LogP contribution in [0.15, 0.2) is 34.9 Å². The quantitative estimate of drug-likeness (QED) is 0.666. The summed E-state index contributed by atoms with van der Waals surface area (Å²) >= 11 is 3.29. The Morgan fingerprint density at radius 2 is 2.14 bits per heavy atom. The fraction of sp³-hybridized carbons (Fsp3) is 0.0769. The van der Waals surface area contributed by atoms with E-state index in [0.717, 1.165) is 17.8 Å². The van der Waals surface area contributed by atoms with Crippen LogP contribution in [0, 0.1) is 17.0 Å². The van der Waals surface area contributed by atoms with Crippen molar-refractivity contribution in [2.45, 2.75) is 6.92 Å². The van der Waals surface area contributed by atoms with Crippen LogP contribution in [-0.2, 0) is 0 Å². The summed E-state index contributed by atoms with van der Waals surface area (Å²) in [6.45, 7) is 1.89. The first-order chi connectivity index (χ1) is 9.88. The molecule has 0 saturated heterocycles. The topological polar surface area (TPSA) is 103 Å². The summed E-state index contributed by atoms with van der Waals surface area (Å²) in [6, 6.07) is 6.10. The molecule has 2 aromatic rings. The molecule has 0 fully saturated rings. The second-order valence-corrected chi connectivity index (χ2v) is 5.00. The van der Waals surface area contributed by atoms with Crippen LogP contribution in [0.4, 0.5) is 5.69 Å². The van der Waals surface area contributed by atoms with Gasteiger partial charge in [0.25, 0.3) is 5.88 Å². The Morgan fingerprint density at radius 3 is 2.71 bits per heavy atom. The molecule has 0 aliphatic heterocycles. The van der Waals surface area contributed by atoms with Gasteiger partial charge in [0.05, 0.1) is 15.0 Å². The fourth-order valence-corrected chi connectivity index (χ4v) is 2.13. The maximum absolute atomic E-state index is 11.0. The highest BCUT2D eigenvalue weighted by Crippen LogP contribution is 2.34. The number of halogens is 1. The first-order valence-corrected chi connectivity index (χ1v) is 6.49. The van der Waals surface area contributed by atoms with Crippen LogP contribution in [0.1, 0.15) is 15.9 Å². The summed E-state index contributed by atoms with van der Waals surface area (Å²) < 4.78 is 6.01. The van der Waals surface area contributed by atoms with Gasteiger partial charge in [-0.15, -0.1) is 0 Å². The second kappa shape index (κ2) is 5.88. The normalized spacial score (nSPS) is 10.2. The van der Waals surface area contributed by atoms with Crippen LogP contribution in [0.2, 0.25) is 0 Å². The van der Waals surface area contributed by atoms with E-state index in [1.807, 2.05) is 6.92 Å². The number of ether oxygens (including phenoxy) is 1. The third-order valence-electron chi connectivity index (χ3n) is 2.57. The Morgan fingerprint density at radius 1 is 1.43 bits per heavy atom. The number of aromatic nitrogens is 1. The van der Waals surface area contributed by atoms with E-state index in [-0.39, 0.29) is 11.4 Å². The highest BCUT2D eigenvalue weighted by atomic mass is 79.9. The third-order valence-corrected chi connectivity index (χ3v) is 3.19. The minimum Gasteiger partial charge on any atom is -0.478 e. The van der Waals surface area contributed by atoms with Gasteiger partial charge < -0.3 is 9.84 Å². The van der Waals surface area contributed by atoms with Crippen LogP contribution in [0.5, 0.6) is 11.6 Å². The van der Waals surface area contributed by atoms with E-state index in [1.54, 1.807) is 18.2 Å². The zero-order valence-corrected chi connectivity index (χ0v) is 12.3. The number of nitrogens with zero attached hydrogens (tertiary/aromatic N) is 2. The third kappa shape index (κ3) is 3.34. The molecule has 7 nitrogen and oxygen atoms in total. The summed E-state index contributed by atoms with van der Waals surface area (Å²) in [5.41, 5.74) is 0.192. The van der Waals surface area contributed by atoms with Gasteiger partial charge in [0.15, 0.2) is 0 Å². The van der Waals surface area contributed by atoms with E-state index in [4.69, 9.17) is 9.84 Å². The molecular weight excluding hydrogens is 344 g/mol. The van der Waals surface area contributed by atoms with Crippen molar-refractivity contribution in [3.8, 4) is 11.6 Å². The first-order valence-electron chi connectivity index (χ1n) is 5.70. The van der Waals surface area contributed by atoms with Crippen LogP contribution < -0.4 is 4.74 Å². The minimum absolute atomic E-state index is 0.269. The Kier molecular flexibility index (Phi) is 4.18. The molecule has 1 aromatic heterocycles. The van der Waals surface area contributed by atoms with Gasteiger partial charge in [0.1, 0.15) is 5.75 Å². The maximum atomic E-state index is 11.0. The molecule has 0 radical (unpaired) electrons. The Hall–Kier alpha value is -2.48. The van der Waals surface area contributed by atoms with Crippen molar-refractivity contribution in [1.82, 2.24) is 4.98 Å². The van der Waals surface area contributed by atoms with Gasteiger partial charge in [-0.25, -0.2) is 9.78 Å². The molecule has 0 unspecified atom stereocenters. The highest BCUT2D eigenvalue weighted by molar-refractivity contribution is 9.10. The molecular formula is C13H9BrN2O5. The molecule has 0 spiro atoms. The Bertz CT molecular complexity index is 732. The number of aryl methyl sites for hydroxylation is 1. The highest BCUT2D eigenvalue weighted by Gasteiger charge is 2.21. The summed E-state index contributed by atoms with van der Waals surface area (Å²) in [4.78, 5) is 24.8. The SMILES string of the molecule is Cc1ccc(Oc2ncc(C(=O)O)cc2[N+](=O)[O-])c(Br)c1. The molecule has 0 amide bonds. The van der Waals surface area contributed by atoms with Gasteiger partial charge in [-0.2, -0.15) is 0 Å². The van der Waals surface area contributed by atoms with Gasteiger partial charge in [0.2, 0.25) is 0 Å². The van der Waals surface area contributed by atoms with Crippen molar-refractivity contribution < 1.29 is 19.6 Å². The standard InChI is InChI=1S/C13H9BrN2O5/c1-7-2-3-11(9(14)4-7)21-12-10(16(19)20)5-8(6-15-12)13(17)18/h2-6H,1H3,(H,17,18). The van der Waals surface area contributed by atoms with E-state index < -0.39 is 16.6 Å². The molecule has 0 aliphatic rings. The van der Waals surface area contributed by atoms with Crippen LogP contribution in [0.25, 0.3) is 0 Å². The molecule has 1 aromatic carbocycles. The second-order valence-electron chi connectivity index (χ2n) is 4.15. The zero-order valence-electron chi connectivity index (χ0n) is 10.7. The number of hydrogen-bond donors (Lipinski definition) is 1. The molecule has 8 heteroatoms. The number of carbonyl (C=O) groups is 1. The summed E-state index contributed by atoms with van der Waals surface area (Å²) in [7, 11) is 0. The van der Waals surface area contributed by atoms with E-state index in [0.29, 0.717) is 10.2 Å². The molecule has 1 N–H and O–H groups in total. The molecule has 1 heterocycles. The molecule has 0 atom stereocenters. The number of carboxylic acid groups (broad SMARTS) is 1. The predicted octanol–water partition coefficient (Wildman–Crippen LogP) is 3.55. The molecule has 108 valence electrons. The molecule has 2 rings (SSSR count). The lowest BCUT2D eigenvalue weighted by Gasteiger charge is -2.08. The number of aromatic carboxylic acids is 1. The number of rotatable bonds is 4. The largest absolute Gasteiger partial charge is 0.478 e. The number of carboxylic acids is 1. The van der Waals surface area contributed by atoms with Crippen molar-refractivity contribution in [3.63, 3.8) is 0 Å². The van der Waals surface area contributed by atoms with E-state index in [9.17, 15) is 14.9 Å². The lowest BCUT2D eigenvalue weighted by molar-refractivity contribution is -0.386. The van der Waals surface area contributed by atoms with Crippen LogP contribution in [0.3, 0.4) is 0 Å². The molecule has 0 aliphatic carbocycles. The van der Waals surface area contributed by atoms with Gasteiger partial charge in [-0.3, -0.25) is 10.1 Å². The van der Waals surface area contributed by atoms with Crippen molar-refractivity contribution in [1.29, 1.82) is 0 Å². The molecule has 21 heavy (non-hydrogen) atoms. The van der Waals surface area contributed by atoms with Crippen molar-refractivity contribution >= 4 is 27.6 Å². The van der Waals surface area contributed by atoms with Crippen LogP contribution in [-0.4, -0.2) is 21.0 Å². The van der Waals surface area contributed by atoms with Gasteiger partial charge in [-0.1, -0.05) is 6.07 Å². The zero-order chi connectivity index (χ0) is 15.6. The number of pyridine rings is 1. The summed E-state index contributed by atoms with van der Waals surface area (Å²) in [5.74, 6) is -1.22. The summed E-state index contributed by atoms with van der Waals surface area (Å²) in [6.07, 6.45) is 1.01. The van der Waals surface area contributed by atoms with Crippen molar-refractivity contribution in [2.24, 2.45) is 0 Å². The van der Waals surface area contributed by atoms with Crippen molar-refractivity contribution in [2.75, 3.05) is 0 Å².